The molecule has 0 bridgehead atoms. The van der Waals surface area contributed by atoms with E-state index in [-0.39, 0.29) is 6.17 Å². The summed E-state index contributed by atoms with van der Waals surface area (Å²) >= 11 is 0. The standard InChI is InChI=1S/C12H20N6/c1-8-5-6-10(14-8)7-13-11-15-9(2)16-12(17-11)18(3)4/h5-6,9,14H,7H2,1-4H3,(H2,13,15,16,17). The Kier molecular flexibility index (Phi) is 3.55. The summed E-state index contributed by atoms with van der Waals surface area (Å²) in [4.78, 5) is 14.1. The maximum atomic E-state index is 4.51. The lowest BCUT2D eigenvalue weighted by Gasteiger charge is -2.26. The quantitative estimate of drug-likeness (QED) is 0.719. The first-order valence-electron chi connectivity index (χ1n) is 6.02. The second kappa shape index (κ2) is 5.12. The van der Waals surface area contributed by atoms with Crippen LogP contribution in [0, 0.1) is 6.92 Å². The van der Waals surface area contributed by atoms with E-state index >= 15 is 0 Å². The number of aliphatic imine (C=N–C) groups is 2. The lowest BCUT2D eigenvalue weighted by Crippen LogP contribution is -2.53. The Morgan fingerprint density at radius 3 is 2.78 bits per heavy atom. The fourth-order valence-electron chi connectivity index (χ4n) is 1.72. The van der Waals surface area contributed by atoms with Crippen molar-refractivity contribution in [2.75, 3.05) is 14.1 Å². The highest BCUT2D eigenvalue weighted by Gasteiger charge is 2.15. The molecule has 0 aliphatic carbocycles. The van der Waals surface area contributed by atoms with Crippen molar-refractivity contribution in [3.8, 4) is 0 Å². The Hall–Kier alpha value is -1.98. The predicted octanol–water partition coefficient (Wildman–Crippen LogP) is 0.636. The molecule has 3 N–H and O–H groups in total. The van der Waals surface area contributed by atoms with E-state index in [0.29, 0.717) is 6.54 Å². The third-order valence-corrected chi connectivity index (χ3v) is 2.62. The summed E-state index contributed by atoms with van der Waals surface area (Å²) in [5, 5.41) is 6.35. The van der Waals surface area contributed by atoms with Crippen molar-refractivity contribution < 1.29 is 0 Å². The lowest BCUT2D eigenvalue weighted by molar-refractivity contribution is 0.559. The molecule has 1 unspecified atom stereocenters. The number of guanidine groups is 2. The predicted molar refractivity (Wildman–Crippen MR) is 73.5 cm³/mol. The van der Waals surface area contributed by atoms with Crippen molar-refractivity contribution in [2.45, 2.75) is 26.6 Å². The van der Waals surface area contributed by atoms with Gasteiger partial charge in [0.25, 0.3) is 0 Å². The Morgan fingerprint density at radius 1 is 1.39 bits per heavy atom. The molecule has 0 fully saturated rings. The van der Waals surface area contributed by atoms with Crippen molar-refractivity contribution in [2.24, 2.45) is 9.98 Å². The molecule has 6 nitrogen and oxygen atoms in total. The van der Waals surface area contributed by atoms with Crippen LogP contribution in [-0.4, -0.2) is 42.1 Å². The summed E-state index contributed by atoms with van der Waals surface area (Å²) in [6.07, 6.45) is 0.0350. The third kappa shape index (κ3) is 3.03. The zero-order valence-electron chi connectivity index (χ0n) is 11.3. The second-order valence-electron chi connectivity index (χ2n) is 4.62. The lowest BCUT2D eigenvalue weighted by atomic mass is 10.4. The van der Waals surface area contributed by atoms with Gasteiger partial charge in [-0.05, 0) is 26.0 Å². The summed E-state index contributed by atoms with van der Waals surface area (Å²) in [6.45, 7) is 4.65. The molecule has 0 saturated carbocycles. The third-order valence-electron chi connectivity index (χ3n) is 2.62. The van der Waals surface area contributed by atoms with E-state index in [9.17, 15) is 0 Å². The zero-order valence-corrected chi connectivity index (χ0v) is 11.3. The Balaban J connectivity index is 2.03. The summed E-state index contributed by atoms with van der Waals surface area (Å²) in [5.74, 6) is 1.58. The summed E-state index contributed by atoms with van der Waals surface area (Å²) in [6, 6.07) is 4.10. The minimum Gasteiger partial charge on any atom is -0.361 e. The number of aryl methyl sites for hydroxylation is 1. The molecular weight excluding hydrogens is 228 g/mol. The number of hydrogen-bond acceptors (Lipinski definition) is 3. The van der Waals surface area contributed by atoms with Crippen molar-refractivity contribution in [3.63, 3.8) is 0 Å². The zero-order chi connectivity index (χ0) is 13.1. The van der Waals surface area contributed by atoms with E-state index in [4.69, 9.17) is 0 Å². The molecule has 0 amide bonds. The van der Waals surface area contributed by atoms with E-state index < -0.39 is 0 Å². The van der Waals surface area contributed by atoms with Gasteiger partial charge in [0.05, 0.1) is 6.54 Å². The number of aromatic amines is 1. The topological polar surface area (TPSA) is 67.8 Å². The van der Waals surface area contributed by atoms with Crippen LogP contribution in [0.1, 0.15) is 18.3 Å². The molecule has 1 atom stereocenters. The SMILES string of the molecule is Cc1ccc(CN=C2NC(N(C)C)=NC(C)N2)[nH]1. The van der Waals surface area contributed by atoms with Crippen LogP contribution in [0.5, 0.6) is 0 Å². The fourth-order valence-corrected chi connectivity index (χ4v) is 1.72. The average molecular weight is 248 g/mol. The van der Waals surface area contributed by atoms with Crippen LogP contribution in [0.2, 0.25) is 0 Å². The van der Waals surface area contributed by atoms with Gasteiger partial charge >= 0.3 is 0 Å². The van der Waals surface area contributed by atoms with Gasteiger partial charge in [0.2, 0.25) is 5.96 Å². The number of rotatable bonds is 2. The van der Waals surface area contributed by atoms with Crippen LogP contribution in [0.15, 0.2) is 22.1 Å². The van der Waals surface area contributed by atoms with Crippen molar-refractivity contribution >= 4 is 11.9 Å². The van der Waals surface area contributed by atoms with Gasteiger partial charge < -0.3 is 15.2 Å². The van der Waals surface area contributed by atoms with Crippen LogP contribution in [0.25, 0.3) is 0 Å². The van der Waals surface area contributed by atoms with Crippen LogP contribution >= 0.6 is 0 Å². The molecule has 6 heteroatoms. The molecular formula is C12H20N6. The summed E-state index contributed by atoms with van der Waals surface area (Å²) in [7, 11) is 3.91. The first-order valence-corrected chi connectivity index (χ1v) is 6.02. The van der Waals surface area contributed by atoms with Gasteiger partial charge in [0.15, 0.2) is 5.96 Å². The van der Waals surface area contributed by atoms with Crippen molar-refractivity contribution in [3.05, 3.63) is 23.5 Å². The van der Waals surface area contributed by atoms with Crippen molar-refractivity contribution in [1.82, 2.24) is 20.5 Å². The molecule has 0 saturated heterocycles. The molecule has 1 aromatic rings. The highest BCUT2D eigenvalue weighted by molar-refractivity contribution is 6.00. The minimum atomic E-state index is 0.0350. The number of nitrogens with zero attached hydrogens (tertiary/aromatic N) is 3. The highest BCUT2D eigenvalue weighted by atomic mass is 15.4. The number of aromatic nitrogens is 1. The van der Waals surface area contributed by atoms with E-state index in [1.165, 1.54) is 0 Å². The van der Waals surface area contributed by atoms with Crippen LogP contribution in [-0.2, 0) is 6.54 Å². The van der Waals surface area contributed by atoms with E-state index in [1.54, 1.807) is 0 Å². The molecule has 0 aromatic carbocycles. The second-order valence-corrected chi connectivity index (χ2v) is 4.62. The molecule has 1 aromatic heterocycles. The first kappa shape index (κ1) is 12.5. The largest absolute Gasteiger partial charge is 0.361 e. The van der Waals surface area contributed by atoms with Crippen LogP contribution < -0.4 is 10.6 Å². The molecule has 98 valence electrons. The van der Waals surface area contributed by atoms with Gasteiger partial charge in [0, 0.05) is 25.5 Å². The van der Waals surface area contributed by atoms with E-state index in [0.717, 1.165) is 23.3 Å². The normalized spacial score (nSPS) is 21.2. The van der Waals surface area contributed by atoms with Crippen LogP contribution in [0.4, 0.5) is 0 Å². The molecule has 1 aliphatic rings. The monoisotopic (exact) mass is 248 g/mol. The molecule has 18 heavy (non-hydrogen) atoms. The summed E-state index contributed by atoms with van der Waals surface area (Å²) < 4.78 is 0. The molecule has 1 aliphatic heterocycles. The molecule has 0 spiro atoms. The van der Waals surface area contributed by atoms with Gasteiger partial charge in [-0.15, -0.1) is 0 Å². The van der Waals surface area contributed by atoms with Gasteiger partial charge in [-0.25, -0.2) is 9.98 Å². The molecule has 0 radical (unpaired) electrons. The Morgan fingerprint density at radius 2 is 2.17 bits per heavy atom. The fraction of sp³-hybridized carbons (Fsp3) is 0.500. The molecule has 2 heterocycles. The van der Waals surface area contributed by atoms with Crippen molar-refractivity contribution in [1.29, 1.82) is 0 Å². The first-order chi connectivity index (χ1) is 8.54. The Labute approximate surface area is 107 Å². The van der Waals surface area contributed by atoms with Crippen LogP contribution in [0.3, 0.4) is 0 Å². The smallest absolute Gasteiger partial charge is 0.202 e. The maximum absolute atomic E-state index is 4.51. The number of hydrogen-bond donors (Lipinski definition) is 3. The van der Waals surface area contributed by atoms with Gasteiger partial charge in [0.1, 0.15) is 6.17 Å². The minimum absolute atomic E-state index is 0.0350. The summed E-state index contributed by atoms with van der Waals surface area (Å²) in [5.41, 5.74) is 2.25. The number of nitrogens with one attached hydrogen (secondary N) is 3. The van der Waals surface area contributed by atoms with E-state index in [1.807, 2.05) is 45.0 Å². The average Bonchev–Trinajstić information content (AvgIpc) is 2.72. The van der Waals surface area contributed by atoms with Gasteiger partial charge in [-0.3, -0.25) is 5.32 Å². The van der Waals surface area contributed by atoms with Gasteiger partial charge in [-0.1, -0.05) is 0 Å². The number of H-pyrrole nitrogens is 1. The van der Waals surface area contributed by atoms with Gasteiger partial charge in [-0.2, -0.15) is 0 Å². The maximum Gasteiger partial charge on any atom is 0.202 e. The molecule has 2 rings (SSSR count). The highest BCUT2D eigenvalue weighted by Crippen LogP contribution is 2.02. The Bertz CT molecular complexity index is 471. The van der Waals surface area contributed by atoms with E-state index in [2.05, 4.69) is 25.6 Å².